The molecule has 0 saturated carbocycles. The van der Waals surface area contributed by atoms with Crippen molar-refractivity contribution in [3.05, 3.63) is 38.7 Å². The van der Waals surface area contributed by atoms with Gasteiger partial charge in [-0.3, -0.25) is 4.79 Å². The molecule has 0 aliphatic heterocycles. The van der Waals surface area contributed by atoms with Crippen LogP contribution in [-0.2, 0) is 0 Å². The fraction of sp³-hybridized carbons (Fsp3) is 0.125. The highest BCUT2D eigenvalue weighted by Gasteiger charge is 2.05. The molecular formula is C8H6BrN3O. The van der Waals surface area contributed by atoms with Crippen molar-refractivity contribution in [2.45, 2.75) is 6.92 Å². The Morgan fingerprint density at radius 2 is 2.31 bits per heavy atom. The molecule has 1 rings (SSSR count). The van der Waals surface area contributed by atoms with Gasteiger partial charge in [0.2, 0.25) is 0 Å². The Morgan fingerprint density at radius 1 is 1.62 bits per heavy atom. The maximum atomic E-state index is 11.1. The molecule has 0 aliphatic rings. The number of carbonyl (C=O) groups excluding carboxylic acids is 1. The van der Waals surface area contributed by atoms with Gasteiger partial charge in [-0.25, -0.2) is 0 Å². The smallest absolute Gasteiger partial charge is 0.160 e. The van der Waals surface area contributed by atoms with Crippen LogP contribution < -0.4 is 0 Å². The number of benzene rings is 1. The monoisotopic (exact) mass is 239 g/mol. The zero-order chi connectivity index (χ0) is 9.84. The van der Waals surface area contributed by atoms with Crippen LogP contribution in [0.1, 0.15) is 17.3 Å². The lowest BCUT2D eigenvalue weighted by Crippen LogP contribution is -1.91. The van der Waals surface area contributed by atoms with Crippen molar-refractivity contribution in [1.29, 1.82) is 0 Å². The quantitative estimate of drug-likeness (QED) is 0.337. The average Bonchev–Trinajstić information content (AvgIpc) is 2.04. The van der Waals surface area contributed by atoms with Crippen LogP contribution in [0.15, 0.2) is 27.8 Å². The van der Waals surface area contributed by atoms with Crippen LogP contribution in [-0.4, -0.2) is 5.78 Å². The number of rotatable bonds is 2. The summed E-state index contributed by atoms with van der Waals surface area (Å²) in [6.07, 6.45) is 0. The number of carbonyl (C=O) groups is 1. The van der Waals surface area contributed by atoms with Gasteiger partial charge in [0.25, 0.3) is 0 Å². The van der Waals surface area contributed by atoms with Crippen LogP contribution >= 0.6 is 15.9 Å². The van der Waals surface area contributed by atoms with Crippen LogP contribution in [0.5, 0.6) is 0 Å². The van der Waals surface area contributed by atoms with Crippen molar-refractivity contribution in [3.8, 4) is 0 Å². The van der Waals surface area contributed by atoms with E-state index in [1.165, 1.54) is 6.92 Å². The zero-order valence-corrected chi connectivity index (χ0v) is 8.45. The van der Waals surface area contributed by atoms with Gasteiger partial charge in [-0.05, 0) is 30.7 Å². The van der Waals surface area contributed by atoms with E-state index in [0.29, 0.717) is 11.3 Å². The molecule has 0 heterocycles. The van der Waals surface area contributed by atoms with Gasteiger partial charge in [0.15, 0.2) is 5.78 Å². The predicted molar refractivity (Wildman–Crippen MR) is 53.0 cm³/mol. The molecule has 0 bridgehead atoms. The summed E-state index contributed by atoms with van der Waals surface area (Å²) in [4.78, 5) is 13.7. The summed E-state index contributed by atoms with van der Waals surface area (Å²) >= 11 is 3.22. The Morgan fingerprint density at radius 3 is 2.85 bits per heavy atom. The molecule has 1 aromatic rings. The van der Waals surface area contributed by atoms with Crippen LogP contribution in [0.4, 0.5) is 5.69 Å². The van der Waals surface area contributed by atoms with E-state index in [-0.39, 0.29) is 5.78 Å². The first kappa shape index (κ1) is 9.77. The zero-order valence-electron chi connectivity index (χ0n) is 6.86. The first-order chi connectivity index (χ1) is 6.15. The van der Waals surface area contributed by atoms with Crippen LogP contribution in [0.2, 0.25) is 0 Å². The summed E-state index contributed by atoms with van der Waals surface area (Å²) in [5.74, 6) is -0.116. The molecule has 0 aromatic heterocycles. The van der Waals surface area contributed by atoms with E-state index < -0.39 is 0 Å². The summed E-state index contributed by atoms with van der Waals surface area (Å²) < 4.78 is 0.778. The molecule has 0 fully saturated rings. The summed E-state index contributed by atoms with van der Waals surface area (Å²) in [7, 11) is 0. The van der Waals surface area contributed by atoms with Crippen LogP contribution in [0.25, 0.3) is 10.4 Å². The molecule has 0 amide bonds. The fourth-order valence-corrected chi connectivity index (χ4v) is 1.28. The van der Waals surface area contributed by atoms with Gasteiger partial charge in [0.1, 0.15) is 0 Å². The van der Waals surface area contributed by atoms with Crippen molar-refractivity contribution in [2.24, 2.45) is 5.11 Å². The number of azide groups is 1. The third-order valence-electron chi connectivity index (χ3n) is 1.49. The minimum atomic E-state index is -0.116. The first-order valence-electron chi connectivity index (χ1n) is 3.50. The molecule has 1 aromatic carbocycles. The lowest BCUT2D eigenvalue weighted by atomic mass is 10.1. The van der Waals surface area contributed by atoms with Crippen molar-refractivity contribution in [2.75, 3.05) is 0 Å². The second-order valence-electron chi connectivity index (χ2n) is 2.41. The van der Waals surface area contributed by atoms with Crippen LogP contribution in [0, 0.1) is 0 Å². The number of hydrogen-bond acceptors (Lipinski definition) is 2. The van der Waals surface area contributed by atoms with Gasteiger partial charge < -0.3 is 0 Å². The van der Waals surface area contributed by atoms with Gasteiger partial charge in [0, 0.05) is 20.6 Å². The molecule has 66 valence electrons. The van der Waals surface area contributed by atoms with Crippen molar-refractivity contribution < 1.29 is 4.79 Å². The Hall–Kier alpha value is -1.32. The second-order valence-corrected chi connectivity index (χ2v) is 3.32. The molecule has 0 radical (unpaired) electrons. The first-order valence-corrected chi connectivity index (χ1v) is 4.30. The van der Waals surface area contributed by atoms with Gasteiger partial charge >= 0.3 is 0 Å². The molecule has 5 heteroatoms. The highest BCUT2D eigenvalue weighted by Crippen LogP contribution is 2.24. The summed E-state index contributed by atoms with van der Waals surface area (Å²) in [6.45, 7) is 1.43. The maximum Gasteiger partial charge on any atom is 0.160 e. The molecule has 0 saturated heterocycles. The Balaban J connectivity index is 3.34. The lowest BCUT2D eigenvalue weighted by Gasteiger charge is -2.00. The minimum absolute atomic E-state index is 0.116. The molecule has 4 nitrogen and oxygen atoms in total. The van der Waals surface area contributed by atoms with E-state index in [1.807, 2.05) is 0 Å². The third kappa shape index (κ3) is 2.31. The van der Waals surface area contributed by atoms with Crippen LogP contribution in [0.3, 0.4) is 0 Å². The van der Waals surface area contributed by atoms with E-state index in [2.05, 4.69) is 26.0 Å². The molecule has 0 unspecified atom stereocenters. The highest BCUT2D eigenvalue weighted by atomic mass is 79.9. The Labute approximate surface area is 83.3 Å². The third-order valence-corrected chi connectivity index (χ3v) is 1.98. The normalized spacial score (nSPS) is 9.08. The van der Waals surface area contributed by atoms with Crippen molar-refractivity contribution >= 4 is 27.4 Å². The number of ketones is 1. The number of hydrogen-bond donors (Lipinski definition) is 0. The fourth-order valence-electron chi connectivity index (χ4n) is 0.933. The van der Waals surface area contributed by atoms with Gasteiger partial charge in [-0.1, -0.05) is 21.0 Å². The standard InChI is InChI=1S/C8H6BrN3O/c1-5(13)7-3-2-6(9)4-8(7)11-12-10/h2-4H,1H3. The maximum absolute atomic E-state index is 11.1. The minimum Gasteiger partial charge on any atom is -0.294 e. The van der Waals surface area contributed by atoms with Gasteiger partial charge in [0.05, 0.1) is 0 Å². The number of Topliss-reactive ketones (excluding diaryl/α,β-unsaturated/α-hetero) is 1. The summed E-state index contributed by atoms with van der Waals surface area (Å²) in [5, 5.41) is 3.42. The molecular weight excluding hydrogens is 234 g/mol. The SMILES string of the molecule is CC(=O)c1ccc(Br)cc1N=[N+]=[N-]. The summed E-state index contributed by atoms with van der Waals surface area (Å²) in [6, 6.07) is 4.96. The summed E-state index contributed by atoms with van der Waals surface area (Å²) in [5.41, 5.74) is 9.03. The van der Waals surface area contributed by atoms with E-state index in [9.17, 15) is 4.79 Å². The van der Waals surface area contributed by atoms with E-state index >= 15 is 0 Å². The van der Waals surface area contributed by atoms with E-state index in [4.69, 9.17) is 5.53 Å². The topological polar surface area (TPSA) is 65.8 Å². The van der Waals surface area contributed by atoms with Crippen molar-refractivity contribution in [3.63, 3.8) is 0 Å². The van der Waals surface area contributed by atoms with Crippen molar-refractivity contribution in [1.82, 2.24) is 0 Å². The molecule has 0 atom stereocenters. The predicted octanol–water partition coefficient (Wildman–Crippen LogP) is 3.59. The Bertz CT molecular complexity index is 396. The van der Waals surface area contributed by atoms with Gasteiger partial charge in [-0.2, -0.15) is 0 Å². The molecule has 0 aliphatic carbocycles. The largest absolute Gasteiger partial charge is 0.294 e. The van der Waals surface area contributed by atoms with Gasteiger partial charge in [-0.15, -0.1) is 0 Å². The second kappa shape index (κ2) is 4.07. The number of halogens is 1. The molecule has 0 N–H and O–H groups in total. The highest BCUT2D eigenvalue weighted by molar-refractivity contribution is 9.10. The average molecular weight is 240 g/mol. The van der Waals surface area contributed by atoms with E-state index in [0.717, 1.165) is 4.47 Å². The van der Waals surface area contributed by atoms with E-state index in [1.54, 1.807) is 18.2 Å². The number of nitrogens with zero attached hydrogens (tertiary/aromatic N) is 3. The Kier molecular flexibility index (Phi) is 3.06. The molecule has 13 heavy (non-hydrogen) atoms. The molecule has 0 spiro atoms. The lowest BCUT2D eigenvalue weighted by molar-refractivity contribution is 0.101.